The van der Waals surface area contributed by atoms with E-state index in [2.05, 4.69) is 36.6 Å². The Morgan fingerprint density at radius 1 is 1.22 bits per heavy atom. The Kier molecular flexibility index (Phi) is 7.32. The van der Waals surface area contributed by atoms with Crippen LogP contribution in [0.3, 0.4) is 0 Å². The lowest BCUT2D eigenvalue weighted by molar-refractivity contribution is 0.381. The summed E-state index contributed by atoms with van der Waals surface area (Å²) in [5.74, 6) is 3.03. The van der Waals surface area contributed by atoms with Gasteiger partial charge in [-0.3, -0.25) is 0 Å². The van der Waals surface area contributed by atoms with Crippen LogP contribution in [-0.4, -0.2) is 45.4 Å². The Labute approximate surface area is 200 Å². The van der Waals surface area contributed by atoms with Crippen molar-refractivity contribution in [2.75, 3.05) is 26.1 Å². The molecule has 0 unspecified atom stereocenters. The molecule has 32 heavy (non-hydrogen) atoms. The van der Waals surface area contributed by atoms with Gasteiger partial charge < -0.3 is 23.4 Å². The highest BCUT2D eigenvalue weighted by molar-refractivity contribution is 14.2. The molecule has 4 aromatic rings. The largest absolute Gasteiger partial charge is 0.497 e. The molecule has 3 aromatic heterocycles. The molecule has 0 atom stereocenters. The van der Waals surface area contributed by atoms with Crippen LogP contribution in [0.4, 0.5) is 5.95 Å². The standard InChI is InChI=1S/C20H21IN6O4S/c1-12-17(19-22-7-9-30-19)25-20(27-18(12)24-16(26-27)6-8-31-32-21)23-11-13-4-5-14(28-2)10-15(13)29-3/h4-5,7,9-10H,6,8,11H2,1-3H3,(H,23,25). The summed E-state index contributed by atoms with van der Waals surface area (Å²) in [5.41, 5.74) is 3.04. The molecule has 0 aliphatic rings. The molecule has 1 N–H and O–H groups in total. The summed E-state index contributed by atoms with van der Waals surface area (Å²) in [7, 11) is 4.54. The van der Waals surface area contributed by atoms with Crippen LogP contribution in [0, 0.1) is 6.92 Å². The Bertz CT molecular complexity index is 1200. The lowest BCUT2D eigenvalue weighted by atomic mass is 10.2. The van der Waals surface area contributed by atoms with Crippen LogP contribution in [-0.2, 0) is 17.1 Å². The zero-order chi connectivity index (χ0) is 22.5. The Morgan fingerprint density at radius 2 is 2.09 bits per heavy atom. The molecular weight excluding hydrogens is 547 g/mol. The number of fused-ring (bicyclic) bond motifs is 1. The van der Waals surface area contributed by atoms with Crippen molar-refractivity contribution in [1.29, 1.82) is 0 Å². The van der Waals surface area contributed by atoms with Gasteiger partial charge in [-0.25, -0.2) is 15.0 Å². The van der Waals surface area contributed by atoms with Gasteiger partial charge in [0.2, 0.25) is 11.8 Å². The summed E-state index contributed by atoms with van der Waals surface area (Å²) in [5, 5.41) is 7.99. The third-order valence-corrected chi connectivity index (χ3v) is 5.80. The van der Waals surface area contributed by atoms with Gasteiger partial charge in [-0.15, -0.1) is 5.10 Å². The highest BCUT2D eigenvalue weighted by atomic mass is 127. The number of aryl methyl sites for hydroxylation is 1. The van der Waals surface area contributed by atoms with Gasteiger partial charge in [0.05, 0.1) is 36.2 Å². The summed E-state index contributed by atoms with van der Waals surface area (Å²) in [4.78, 5) is 13.7. The number of ether oxygens (including phenoxy) is 2. The van der Waals surface area contributed by atoms with Gasteiger partial charge in [-0.2, -0.15) is 4.52 Å². The van der Waals surface area contributed by atoms with Crippen LogP contribution in [0.1, 0.15) is 17.0 Å². The fraction of sp³-hybridized carbons (Fsp3) is 0.300. The van der Waals surface area contributed by atoms with E-state index in [-0.39, 0.29) is 0 Å². The number of rotatable bonds is 10. The van der Waals surface area contributed by atoms with E-state index in [0.717, 1.165) is 16.9 Å². The number of hydrogen-bond acceptors (Lipinski definition) is 10. The first kappa shape index (κ1) is 22.6. The molecule has 4 rings (SSSR count). The van der Waals surface area contributed by atoms with Crippen LogP contribution in [0.2, 0.25) is 0 Å². The average molecular weight is 568 g/mol. The minimum atomic E-state index is 0.421. The first-order chi connectivity index (χ1) is 15.6. The molecule has 12 heteroatoms. The van der Waals surface area contributed by atoms with Gasteiger partial charge in [0.25, 0.3) is 0 Å². The number of benzene rings is 1. The fourth-order valence-corrected chi connectivity index (χ4v) is 3.88. The number of methoxy groups -OCH3 is 2. The van der Waals surface area contributed by atoms with E-state index in [4.69, 9.17) is 28.0 Å². The average Bonchev–Trinajstić information content (AvgIpc) is 3.49. The quantitative estimate of drug-likeness (QED) is 0.169. The topological polar surface area (TPSA) is 109 Å². The molecule has 0 saturated heterocycles. The first-order valence-corrected chi connectivity index (χ1v) is 12.9. The van der Waals surface area contributed by atoms with Crippen molar-refractivity contribution >= 4 is 42.0 Å². The molecule has 1 aromatic carbocycles. The third kappa shape index (κ3) is 4.76. The van der Waals surface area contributed by atoms with Gasteiger partial charge in [0, 0.05) is 51.4 Å². The van der Waals surface area contributed by atoms with Crippen molar-refractivity contribution in [3.8, 4) is 23.1 Å². The smallest absolute Gasteiger partial charge is 0.245 e. The van der Waals surface area contributed by atoms with E-state index in [1.807, 2.05) is 25.1 Å². The summed E-state index contributed by atoms with van der Waals surface area (Å²) in [6.45, 7) is 2.89. The lowest BCUT2D eigenvalue weighted by Gasteiger charge is -2.13. The molecule has 0 fully saturated rings. The second kappa shape index (κ2) is 10.4. The summed E-state index contributed by atoms with van der Waals surface area (Å²) in [6, 6.07) is 5.66. The molecule has 0 aliphatic heterocycles. The molecular formula is C20H21IN6O4S. The molecule has 0 bridgehead atoms. The van der Waals surface area contributed by atoms with Crippen LogP contribution in [0.15, 0.2) is 35.1 Å². The number of nitrogens with one attached hydrogen (secondary N) is 1. The number of hydrogen-bond donors (Lipinski definition) is 1. The molecule has 0 saturated carbocycles. The van der Waals surface area contributed by atoms with E-state index in [1.165, 1.54) is 15.5 Å². The zero-order valence-corrected chi connectivity index (χ0v) is 20.6. The SMILES string of the molecule is COc1ccc(CNc2nc(-c3ncco3)c(C)c3nc(CCOSI)nn23)c(OC)c1. The number of nitrogens with zero attached hydrogens (tertiary/aromatic N) is 5. The van der Waals surface area contributed by atoms with Crippen molar-refractivity contribution < 1.29 is 18.1 Å². The molecule has 0 aliphatic carbocycles. The van der Waals surface area contributed by atoms with Crippen LogP contribution in [0.25, 0.3) is 17.2 Å². The van der Waals surface area contributed by atoms with Gasteiger partial charge in [-0.05, 0) is 19.1 Å². The maximum Gasteiger partial charge on any atom is 0.245 e. The van der Waals surface area contributed by atoms with Crippen molar-refractivity contribution in [2.45, 2.75) is 19.9 Å². The minimum Gasteiger partial charge on any atom is -0.497 e. The highest BCUT2D eigenvalue weighted by Crippen LogP contribution is 2.28. The molecule has 0 radical (unpaired) electrons. The van der Waals surface area contributed by atoms with Gasteiger partial charge in [0.1, 0.15) is 23.5 Å². The van der Waals surface area contributed by atoms with E-state index in [9.17, 15) is 0 Å². The second-order valence-electron chi connectivity index (χ2n) is 6.68. The van der Waals surface area contributed by atoms with Crippen LogP contribution < -0.4 is 14.8 Å². The van der Waals surface area contributed by atoms with E-state index >= 15 is 0 Å². The van der Waals surface area contributed by atoms with Crippen molar-refractivity contribution in [3.63, 3.8) is 0 Å². The van der Waals surface area contributed by atoms with Gasteiger partial charge in [0.15, 0.2) is 11.5 Å². The molecule has 168 valence electrons. The fourth-order valence-electron chi connectivity index (χ4n) is 3.19. The second-order valence-corrected chi connectivity index (χ2v) is 8.12. The number of anilines is 1. The van der Waals surface area contributed by atoms with E-state index < -0.39 is 0 Å². The summed E-state index contributed by atoms with van der Waals surface area (Å²) < 4.78 is 23.3. The highest BCUT2D eigenvalue weighted by Gasteiger charge is 2.19. The number of halogens is 1. The zero-order valence-electron chi connectivity index (χ0n) is 17.7. The third-order valence-electron chi connectivity index (χ3n) is 4.78. The minimum absolute atomic E-state index is 0.421. The molecule has 0 spiro atoms. The lowest BCUT2D eigenvalue weighted by Crippen LogP contribution is -2.10. The van der Waals surface area contributed by atoms with Crippen molar-refractivity contribution in [3.05, 3.63) is 47.6 Å². The Hall–Kier alpha value is -2.58. The summed E-state index contributed by atoms with van der Waals surface area (Å²) in [6.07, 6.45) is 3.69. The maximum absolute atomic E-state index is 5.51. The predicted molar refractivity (Wildman–Crippen MR) is 129 cm³/mol. The summed E-state index contributed by atoms with van der Waals surface area (Å²) >= 11 is 2.08. The number of aromatic nitrogens is 5. The molecule has 10 nitrogen and oxygen atoms in total. The van der Waals surface area contributed by atoms with Crippen LogP contribution >= 0.6 is 30.4 Å². The van der Waals surface area contributed by atoms with E-state index in [0.29, 0.717) is 54.3 Å². The first-order valence-electron chi connectivity index (χ1n) is 9.65. The Balaban J connectivity index is 1.71. The monoisotopic (exact) mass is 568 g/mol. The molecule has 3 heterocycles. The van der Waals surface area contributed by atoms with Crippen LogP contribution in [0.5, 0.6) is 11.5 Å². The van der Waals surface area contributed by atoms with Gasteiger partial charge >= 0.3 is 0 Å². The van der Waals surface area contributed by atoms with Crippen molar-refractivity contribution in [1.82, 2.24) is 24.6 Å². The Morgan fingerprint density at radius 3 is 2.81 bits per heavy atom. The normalized spacial score (nSPS) is 11.1. The van der Waals surface area contributed by atoms with E-state index in [1.54, 1.807) is 24.9 Å². The van der Waals surface area contributed by atoms with Crippen molar-refractivity contribution in [2.24, 2.45) is 0 Å². The predicted octanol–water partition coefficient (Wildman–Crippen LogP) is 4.27. The molecule has 0 amide bonds. The maximum atomic E-state index is 5.51. The van der Waals surface area contributed by atoms with Gasteiger partial charge in [-0.1, -0.05) is 0 Å². The number of oxazole rings is 1.